The van der Waals surface area contributed by atoms with Crippen LogP contribution in [0.2, 0.25) is 0 Å². The van der Waals surface area contributed by atoms with Crippen LogP contribution >= 0.6 is 0 Å². The first-order chi connectivity index (χ1) is 17.3. The molecule has 0 heterocycles. The van der Waals surface area contributed by atoms with Crippen molar-refractivity contribution in [2.45, 2.75) is 13.8 Å². The molecule has 0 aliphatic heterocycles. The topological polar surface area (TPSA) is 111 Å². The number of nitrogens with zero attached hydrogens (tertiary/aromatic N) is 4. The van der Waals surface area contributed by atoms with E-state index in [4.69, 9.17) is 0 Å². The second-order valence-corrected chi connectivity index (χ2v) is 7.88. The average molecular weight is 481 g/mol. The Hall–Kier alpha value is -4.98. The molecule has 0 atom stereocenters. The van der Waals surface area contributed by atoms with Gasteiger partial charge in [-0.1, -0.05) is 35.4 Å². The van der Waals surface area contributed by atoms with Gasteiger partial charge in [-0.25, -0.2) is 0 Å². The molecule has 0 saturated heterocycles. The Labute approximate surface area is 208 Å². The van der Waals surface area contributed by atoms with Crippen LogP contribution in [0.25, 0.3) is 0 Å². The second kappa shape index (κ2) is 12.5. The van der Waals surface area contributed by atoms with Gasteiger partial charge in [-0.2, -0.15) is 0 Å². The maximum absolute atomic E-state index is 10.5. The van der Waals surface area contributed by atoms with Gasteiger partial charge in [-0.15, -0.1) is 0 Å². The zero-order valence-corrected chi connectivity index (χ0v) is 19.8. The number of nitro benzene ring substituents is 2. The fraction of sp³-hybridized carbons (Fsp3) is 0.0714. The first-order valence-electron chi connectivity index (χ1n) is 11.0. The van der Waals surface area contributed by atoms with E-state index in [1.165, 1.54) is 35.4 Å². The van der Waals surface area contributed by atoms with E-state index in [1.54, 1.807) is 36.7 Å². The average Bonchev–Trinajstić information content (AvgIpc) is 2.89. The standard InChI is InChI=1S/2C14H12N2O2/c2*1-11-2-6-13(7-3-11)15-10-12-4-8-14(9-5-12)16(17)18/h2*2-10H,1H3. The summed E-state index contributed by atoms with van der Waals surface area (Å²) in [5.41, 5.74) is 5.93. The summed E-state index contributed by atoms with van der Waals surface area (Å²) in [6.45, 7) is 4.04. The molecule has 8 heteroatoms. The molecule has 4 rings (SSSR count). The number of nitro groups is 2. The van der Waals surface area contributed by atoms with Gasteiger partial charge in [-0.05, 0) is 73.5 Å². The van der Waals surface area contributed by atoms with E-state index in [9.17, 15) is 20.2 Å². The minimum atomic E-state index is -0.416. The molecular weight excluding hydrogens is 456 g/mol. The van der Waals surface area contributed by atoms with Crippen LogP contribution < -0.4 is 0 Å². The van der Waals surface area contributed by atoms with E-state index in [1.807, 2.05) is 62.4 Å². The third-order valence-electron chi connectivity index (χ3n) is 5.00. The number of hydrogen-bond acceptors (Lipinski definition) is 6. The monoisotopic (exact) mass is 480 g/mol. The third kappa shape index (κ3) is 8.11. The van der Waals surface area contributed by atoms with Gasteiger partial charge in [0.05, 0.1) is 21.2 Å². The molecule has 180 valence electrons. The molecule has 4 aromatic carbocycles. The Morgan fingerprint density at radius 3 is 1.11 bits per heavy atom. The molecule has 0 bridgehead atoms. The molecule has 0 radical (unpaired) electrons. The van der Waals surface area contributed by atoms with E-state index in [0.29, 0.717) is 0 Å². The summed E-state index contributed by atoms with van der Waals surface area (Å²) >= 11 is 0. The van der Waals surface area contributed by atoms with Crippen LogP contribution in [0, 0.1) is 34.1 Å². The summed E-state index contributed by atoms with van der Waals surface area (Å²) in [4.78, 5) is 28.8. The van der Waals surface area contributed by atoms with Gasteiger partial charge in [0.1, 0.15) is 0 Å². The SMILES string of the molecule is Cc1ccc(N=Cc2ccc([N+](=O)[O-])cc2)cc1.Cc1ccc(N=Cc2ccc([N+](=O)[O-])cc2)cc1. The smallest absolute Gasteiger partial charge is 0.258 e. The Balaban J connectivity index is 0.000000201. The summed E-state index contributed by atoms with van der Waals surface area (Å²) in [5, 5.41) is 21.0. The zero-order valence-electron chi connectivity index (χ0n) is 19.8. The number of rotatable bonds is 6. The van der Waals surface area contributed by atoms with Crippen LogP contribution in [0.3, 0.4) is 0 Å². The van der Waals surface area contributed by atoms with Crippen molar-refractivity contribution in [1.29, 1.82) is 0 Å². The quantitative estimate of drug-likeness (QED) is 0.164. The summed E-state index contributed by atoms with van der Waals surface area (Å²) < 4.78 is 0. The molecule has 0 amide bonds. The number of non-ortho nitro benzene ring substituents is 2. The normalized spacial score (nSPS) is 10.7. The molecule has 0 unspecified atom stereocenters. The van der Waals surface area contributed by atoms with Crippen LogP contribution in [0.15, 0.2) is 107 Å². The number of aryl methyl sites for hydroxylation is 2. The van der Waals surface area contributed by atoms with Crippen LogP contribution in [0.5, 0.6) is 0 Å². The zero-order chi connectivity index (χ0) is 25.9. The Bertz CT molecular complexity index is 1250. The fourth-order valence-electron chi connectivity index (χ4n) is 2.92. The highest BCUT2D eigenvalue weighted by molar-refractivity contribution is 5.82. The maximum Gasteiger partial charge on any atom is 0.269 e. The van der Waals surface area contributed by atoms with Crippen molar-refractivity contribution in [3.05, 3.63) is 140 Å². The summed E-state index contributed by atoms with van der Waals surface area (Å²) in [6, 6.07) is 28.2. The maximum atomic E-state index is 10.5. The van der Waals surface area contributed by atoms with Gasteiger partial charge >= 0.3 is 0 Å². The minimum Gasteiger partial charge on any atom is -0.258 e. The lowest BCUT2D eigenvalue weighted by atomic mass is 10.2. The molecule has 8 nitrogen and oxygen atoms in total. The van der Waals surface area contributed by atoms with Crippen LogP contribution in [-0.2, 0) is 0 Å². The van der Waals surface area contributed by atoms with Crippen molar-refractivity contribution in [2.75, 3.05) is 0 Å². The Morgan fingerprint density at radius 2 is 0.833 bits per heavy atom. The van der Waals surface area contributed by atoms with E-state index in [-0.39, 0.29) is 11.4 Å². The van der Waals surface area contributed by atoms with Crippen molar-refractivity contribution in [3.8, 4) is 0 Å². The molecule has 0 aliphatic rings. The minimum absolute atomic E-state index is 0.0856. The van der Waals surface area contributed by atoms with Crippen LogP contribution in [-0.4, -0.2) is 22.3 Å². The van der Waals surface area contributed by atoms with Gasteiger partial charge in [0, 0.05) is 36.7 Å². The molecule has 0 fully saturated rings. The van der Waals surface area contributed by atoms with Crippen molar-refractivity contribution in [2.24, 2.45) is 9.98 Å². The molecule has 0 aromatic heterocycles. The van der Waals surface area contributed by atoms with Crippen molar-refractivity contribution < 1.29 is 9.85 Å². The van der Waals surface area contributed by atoms with Gasteiger partial charge in [0.15, 0.2) is 0 Å². The molecule has 0 aliphatic carbocycles. The molecule has 4 aromatic rings. The lowest BCUT2D eigenvalue weighted by Gasteiger charge is -1.95. The van der Waals surface area contributed by atoms with Gasteiger partial charge < -0.3 is 0 Å². The predicted octanol–water partition coefficient (Wildman–Crippen LogP) is 7.31. The molecular formula is C28H24N4O4. The highest BCUT2D eigenvalue weighted by Gasteiger charge is 2.03. The summed E-state index contributed by atoms with van der Waals surface area (Å²) in [7, 11) is 0. The first kappa shape index (κ1) is 25.6. The van der Waals surface area contributed by atoms with Gasteiger partial charge in [-0.3, -0.25) is 30.2 Å². The van der Waals surface area contributed by atoms with Crippen LogP contribution in [0.1, 0.15) is 22.3 Å². The molecule has 0 spiro atoms. The number of benzene rings is 4. The first-order valence-corrected chi connectivity index (χ1v) is 11.0. The number of aliphatic imine (C=N–C) groups is 2. The number of hydrogen-bond donors (Lipinski definition) is 0. The summed E-state index contributed by atoms with van der Waals surface area (Å²) in [5.74, 6) is 0. The van der Waals surface area contributed by atoms with Crippen molar-refractivity contribution in [3.63, 3.8) is 0 Å². The van der Waals surface area contributed by atoms with Gasteiger partial charge in [0.2, 0.25) is 0 Å². The van der Waals surface area contributed by atoms with Crippen molar-refractivity contribution in [1.82, 2.24) is 0 Å². The molecule has 36 heavy (non-hydrogen) atoms. The third-order valence-corrected chi connectivity index (χ3v) is 5.00. The molecule has 0 saturated carbocycles. The van der Waals surface area contributed by atoms with Gasteiger partial charge in [0.25, 0.3) is 11.4 Å². The predicted molar refractivity (Wildman–Crippen MR) is 143 cm³/mol. The van der Waals surface area contributed by atoms with E-state index in [2.05, 4.69) is 9.98 Å². The van der Waals surface area contributed by atoms with Crippen LogP contribution in [0.4, 0.5) is 22.7 Å². The largest absolute Gasteiger partial charge is 0.269 e. The van der Waals surface area contributed by atoms with E-state index in [0.717, 1.165) is 22.5 Å². The Morgan fingerprint density at radius 1 is 0.528 bits per heavy atom. The summed E-state index contributed by atoms with van der Waals surface area (Å²) in [6.07, 6.45) is 3.38. The van der Waals surface area contributed by atoms with E-state index >= 15 is 0 Å². The molecule has 0 N–H and O–H groups in total. The lowest BCUT2D eigenvalue weighted by Crippen LogP contribution is -1.88. The Kier molecular flexibility index (Phi) is 8.88. The fourth-order valence-corrected chi connectivity index (χ4v) is 2.92. The lowest BCUT2D eigenvalue weighted by molar-refractivity contribution is -0.385. The van der Waals surface area contributed by atoms with Crippen molar-refractivity contribution >= 4 is 35.2 Å². The second-order valence-electron chi connectivity index (χ2n) is 7.88. The highest BCUT2D eigenvalue weighted by Crippen LogP contribution is 2.15. The highest BCUT2D eigenvalue weighted by atomic mass is 16.6. The van der Waals surface area contributed by atoms with E-state index < -0.39 is 9.85 Å².